The maximum Gasteiger partial charge on any atom is 0.326 e. The van der Waals surface area contributed by atoms with Crippen molar-refractivity contribution in [2.45, 2.75) is 139 Å². The van der Waals surface area contributed by atoms with Gasteiger partial charge in [-0.15, -0.1) is 0 Å². The van der Waals surface area contributed by atoms with E-state index >= 15 is 0 Å². The molecule has 0 bridgehead atoms. The van der Waals surface area contributed by atoms with Crippen molar-refractivity contribution in [2.24, 2.45) is 28.1 Å². The zero-order valence-electron chi connectivity index (χ0n) is 37.0. The average molecular weight is 910 g/mol. The first-order valence-electron chi connectivity index (χ1n) is 23.0. The monoisotopic (exact) mass is 910 g/mol. The van der Waals surface area contributed by atoms with E-state index in [1.54, 1.807) is 30.3 Å². The fourth-order valence-corrected chi connectivity index (χ4v) is 9.43. The number of aliphatic carboxylic acids is 1. The van der Waals surface area contributed by atoms with Crippen LogP contribution in [0.1, 0.15) is 95.5 Å². The van der Waals surface area contributed by atoms with Crippen molar-refractivity contribution < 1.29 is 48.6 Å². The van der Waals surface area contributed by atoms with Gasteiger partial charge in [0.05, 0.1) is 19.2 Å². The van der Waals surface area contributed by atoms with Gasteiger partial charge in [0.1, 0.15) is 36.3 Å². The van der Waals surface area contributed by atoms with E-state index in [4.69, 9.17) is 17.2 Å². The number of benzene rings is 1. The number of amides is 7. The largest absolute Gasteiger partial charge is 0.480 e. The van der Waals surface area contributed by atoms with Gasteiger partial charge < -0.3 is 63.4 Å². The van der Waals surface area contributed by atoms with Crippen LogP contribution in [0.15, 0.2) is 35.3 Å². The Labute approximate surface area is 379 Å². The number of aliphatic hydroxyl groups is 1. The Hall–Kier alpha value is -5.83. The topological polar surface area (TPSA) is 325 Å². The number of nitrogens with zero attached hydrogens (tertiary/aromatic N) is 4. The van der Waals surface area contributed by atoms with Crippen molar-refractivity contribution in [3.63, 3.8) is 0 Å². The van der Waals surface area contributed by atoms with Crippen molar-refractivity contribution in [3.8, 4) is 0 Å². The van der Waals surface area contributed by atoms with E-state index in [-0.39, 0.29) is 49.5 Å². The van der Waals surface area contributed by atoms with Crippen molar-refractivity contribution in [3.05, 3.63) is 35.9 Å². The quantitative estimate of drug-likeness (QED) is 0.0374. The predicted octanol–water partition coefficient (Wildman–Crippen LogP) is -1.80. The molecule has 3 aliphatic heterocycles. The van der Waals surface area contributed by atoms with Gasteiger partial charge in [0, 0.05) is 32.6 Å². The van der Waals surface area contributed by atoms with E-state index < -0.39 is 90.9 Å². The molecular weight excluding hydrogens is 843 g/mol. The molecule has 21 nitrogen and oxygen atoms in total. The van der Waals surface area contributed by atoms with Crippen molar-refractivity contribution in [1.82, 2.24) is 36.0 Å². The molecule has 358 valence electrons. The Bertz CT molecular complexity index is 1880. The summed E-state index contributed by atoms with van der Waals surface area (Å²) in [5.74, 6) is -5.31. The fraction of sp³-hybridized carbons (Fsp3) is 0.659. The molecular formula is C44H67N11O10. The zero-order valence-corrected chi connectivity index (χ0v) is 37.0. The molecule has 1 aromatic rings. The number of carboxylic acid groups (broad SMARTS) is 1. The molecule has 0 spiro atoms. The van der Waals surface area contributed by atoms with Gasteiger partial charge in [0.25, 0.3) is 0 Å². The highest BCUT2D eigenvalue weighted by atomic mass is 16.4. The number of likely N-dealkylation sites (tertiary alicyclic amines) is 3. The molecule has 3 saturated heterocycles. The fourth-order valence-electron chi connectivity index (χ4n) is 9.43. The number of carbonyl (C=O) groups is 8. The van der Waals surface area contributed by atoms with E-state index in [0.717, 1.165) is 32.1 Å². The van der Waals surface area contributed by atoms with Crippen LogP contribution >= 0.6 is 0 Å². The highest BCUT2D eigenvalue weighted by Crippen LogP contribution is 2.28. The van der Waals surface area contributed by atoms with E-state index in [1.165, 1.54) is 14.7 Å². The number of hydrogen-bond donors (Lipinski definition) is 9. The number of hydrogen-bond acceptors (Lipinski definition) is 11. The lowest BCUT2D eigenvalue weighted by Gasteiger charge is -2.32. The van der Waals surface area contributed by atoms with Crippen LogP contribution in [-0.4, -0.2) is 160 Å². The summed E-state index contributed by atoms with van der Waals surface area (Å²) in [4.78, 5) is 115. The van der Waals surface area contributed by atoms with Crippen molar-refractivity contribution >= 4 is 53.3 Å². The number of aliphatic imine (C=N–C) groups is 1. The Kier molecular flexibility index (Phi) is 18.9. The van der Waals surface area contributed by atoms with E-state index in [0.29, 0.717) is 70.1 Å². The van der Waals surface area contributed by atoms with Crippen molar-refractivity contribution in [1.29, 1.82) is 0 Å². The summed E-state index contributed by atoms with van der Waals surface area (Å²) in [6.45, 7) is -0.223. The SMILES string of the molecule is NC(N)=NCCC[C@H](N)C(=O)N1CCC[C@H]1C(=O)N1CCC[C@H]1C(=O)NCC(=O)N[C@@H](CC1CCCCC1)C(=O)N[C@@H](CO)C(=O)N1CCC[C@H]1C(=O)N[C@@H](Cc1ccccc1)C(=O)O. The third-order valence-corrected chi connectivity index (χ3v) is 12.8. The highest BCUT2D eigenvalue weighted by Gasteiger charge is 2.44. The van der Waals surface area contributed by atoms with E-state index in [2.05, 4.69) is 26.3 Å². The Balaban J connectivity index is 1.17. The minimum atomic E-state index is -1.47. The number of nitrogens with one attached hydrogen (secondary N) is 4. The standard InChI is InChI=1S/C44H67N11O10/c45-29(15-7-19-48-44(46)47)40(61)55-22-10-18-35(55)42(63)54-21-8-16-33(54)38(59)49-25-36(57)50-30(23-27-11-3-1-4-12-27)37(58)52-32(26-56)41(62)53-20-9-17-34(53)39(60)51-31(43(64)65)24-28-13-5-2-6-14-28/h2,5-6,13-14,27,29-35,56H,1,3-4,7-12,15-26,45H2,(H,49,59)(H,50,57)(H,51,60)(H,52,58)(H,64,65)(H4,46,47,48)/t29-,30-,31-,32-,33-,34-,35-/m0/s1. The summed E-state index contributed by atoms with van der Waals surface area (Å²) in [7, 11) is 0. The molecule has 3 heterocycles. The summed E-state index contributed by atoms with van der Waals surface area (Å²) in [6.07, 6.45) is 8.23. The van der Waals surface area contributed by atoms with Crippen LogP contribution in [0.5, 0.6) is 0 Å². The number of carbonyl (C=O) groups excluding carboxylic acids is 7. The summed E-state index contributed by atoms with van der Waals surface area (Å²) in [6, 6.07) is 1.39. The smallest absolute Gasteiger partial charge is 0.326 e. The molecule has 0 aromatic heterocycles. The maximum absolute atomic E-state index is 13.9. The van der Waals surface area contributed by atoms with E-state index in [9.17, 15) is 48.6 Å². The Morgan fingerprint density at radius 2 is 1.32 bits per heavy atom. The molecule has 1 saturated carbocycles. The first kappa shape index (κ1) is 50.2. The molecule has 0 unspecified atom stereocenters. The minimum Gasteiger partial charge on any atom is -0.480 e. The van der Waals surface area contributed by atoms with Crippen LogP contribution in [-0.2, 0) is 44.8 Å². The lowest BCUT2D eigenvalue weighted by Crippen LogP contribution is -2.59. The van der Waals surface area contributed by atoms with Gasteiger partial charge in [-0.1, -0.05) is 62.4 Å². The number of rotatable bonds is 21. The molecule has 65 heavy (non-hydrogen) atoms. The molecule has 1 aromatic carbocycles. The van der Waals surface area contributed by atoms with Gasteiger partial charge in [-0.05, 0) is 69.3 Å². The lowest BCUT2D eigenvalue weighted by atomic mass is 9.84. The molecule has 1 aliphatic carbocycles. The van der Waals surface area contributed by atoms with Crippen molar-refractivity contribution in [2.75, 3.05) is 39.3 Å². The summed E-state index contributed by atoms with van der Waals surface area (Å²) >= 11 is 0. The van der Waals surface area contributed by atoms with Crippen LogP contribution in [0, 0.1) is 5.92 Å². The number of carboxylic acids is 1. The first-order chi connectivity index (χ1) is 31.2. The van der Waals surface area contributed by atoms with Crippen LogP contribution in [0.4, 0.5) is 0 Å². The number of aliphatic hydroxyl groups excluding tert-OH is 1. The third-order valence-electron chi connectivity index (χ3n) is 12.8. The maximum atomic E-state index is 13.9. The second kappa shape index (κ2) is 24.5. The van der Waals surface area contributed by atoms with Gasteiger partial charge >= 0.3 is 5.97 Å². The van der Waals surface area contributed by atoms with Gasteiger partial charge in [-0.3, -0.25) is 38.6 Å². The second-order valence-corrected chi connectivity index (χ2v) is 17.5. The van der Waals surface area contributed by atoms with Crippen LogP contribution in [0.2, 0.25) is 0 Å². The number of guanidine groups is 1. The molecule has 4 aliphatic rings. The molecule has 21 heteroatoms. The summed E-state index contributed by atoms with van der Waals surface area (Å²) < 4.78 is 0. The molecule has 4 fully saturated rings. The zero-order chi connectivity index (χ0) is 47.0. The summed E-state index contributed by atoms with van der Waals surface area (Å²) in [5.41, 5.74) is 17.6. The molecule has 7 atom stereocenters. The Morgan fingerprint density at radius 1 is 0.708 bits per heavy atom. The molecule has 7 amide bonds. The van der Waals surface area contributed by atoms with Gasteiger partial charge in [0.2, 0.25) is 41.4 Å². The highest BCUT2D eigenvalue weighted by molar-refractivity contribution is 5.97. The lowest BCUT2D eigenvalue weighted by molar-refractivity contribution is -0.147. The Morgan fingerprint density at radius 3 is 1.95 bits per heavy atom. The van der Waals surface area contributed by atoms with Gasteiger partial charge in [-0.2, -0.15) is 0 Å². The molecule has 0 radical (unpaired) electrons. The van der Waals surface area contributed by atoms with E-state index in [1.807, 2.05) is 0 Å². The molecule has 5 rings (SSSR count). The van der Waals surface area contributed by atoms with Crippen LogP contribution in [0.3, 0.4) is 0 Å². The molecule has 12 N–H and O–H groups in total. The summed E-state index contributed by atoms with van der Waals surface area (Å²) in [5, 5.41) is 30.6. The minimum absolute atomic E-state index is 0.0263. The third kappa shape index (κ3) is 14.1. The van der Waals surface area contributed by atoms with Crippen LogP contribution in [0.25, 0.3) is 0 Å². The second-order valence-electron chi connectivity index (χ2n) is 17.5. The van der Waals surface area contributed by atoms with Gasteiger partial charge in [-0.25, -0.2) is 4.79 Å². The average Bonchev–Trinajstić information content (AvgIpc) is 4.11. The van der Waals surface area contributed by atoms with Gasteiger partial charge in [0.15, 0.2) is 5.96 Å². The predicted molar refractivity (Wildman–Crippen MR) is 237 cm³/mol. The normalized spacial score (nSPS) is 21.7. The number of nitrogens with two attached hydrogens (primary N) is 3. The van der Waals surface area contributed by atoms with Crippen LogP contribution < -0.4 is 38.5 Å². The first-order valence-corrected chi connectivity index (χ1v) is 23.0.